The number of rotatable bonds is 6. The molecule has 0 radical (unpaired) electrons. The predicted octanol–water partition coefficient (Wildman–Crippen LogP) is 2.99. The summed E-state index contributed by atoms with van der Waals surface area (Å²) in [6.07, 6.45) is 3.66. The molecule has 220 valence electrons. The standard InChI is InChI=1S/C32H33N7O4/c1-32(2,3)27(37-29(41)26-12-18-6-4-5-7-24(18)36-26)31(43)39-17-21-13-22(39)16-38(21)30(42)25-11-8-19(14-35-25)23-10-9-20(15-34-23)28(33)40/h4-12,14-15,21-22,27,36H,13,16-17H2,1-3H3,(H2,33,40)(H,37,41)/t21-,22-,27?/m0/s1. The Hall–Kier alpha value is -5.06. The molecule has 0 aliphatic carbocycles. The molecule has 4 amide bonds. The molecule has 3 aromatic heterocycles. The minimum absolute atomic E-state index is 0.129. The first-order valence-corrected chi connectivity index (χ1v) is 14.2. The van der Waals surface area contributed by atoms with Gasteiger partial charge in [-0.3, -0.25) is 29.1 Å². The first-order valence-electron chi connectivity index (χ1n) is 14.2. The Balaban J connectivity index is 1.11. The lowest BCUT2D eigenvalue weighted by molar-refractivity contribution is -0.138. The van der Waals surface area contributed by atoms with Gasteiger partial charge in [-0.1, -0.05) is 39.0 Å². The van der Waals surface area contributed by atoms with Crippen LogP contribution in [-0.4, -0.2) is 79.6 Å². The second-order valence-electron chi connectivity index (χ2n) is 12.3. The molecule has 2 fully saturated rings. The van der Waals surface area contributed by atoms with E-state index in [0.717, 1.165) is 10.9 Å². The Morgan fingerprint density at radius 3 is 2.30 bits per heavy atom. The molecular formula is C32H33N7O4. The number of nitrogens with two attached hydrogens (primary N) is 1. The second kappa shape index (κ2) is 10.6. The van der Waals surface area contributed by atoms with Gasteiger partial charge in [-0.15, -0.1) is 0 Å². The molecule has 2 aliphatic rings. The van der Waals surface area contributed by atoms with Crippen molar-refractivity contribution in [3.8, 4) is 11.3 Å². The molecule has 2 bridgehead atoms. The molecule has 43 heavy (non-hydrogen) atoms. The molecular weight excluding hydrogens is 546 g/mol. The Bertz CT molecular complexity index is 1690. The minimum atomic E-state index is -0.741. The smallest absolute Gasteiger partial charge is 0.272 e. The highest BCUT2D eigenvalue weighted by molar-refractivity contribution is 6.00. The first kappa shape index (κ1) is 28.1. The van der Waals surface area contributed by atoms with E-state index in [1.54, 1.807) is 41.4 Å². The normalized spacial score (nSPS) is 18.6. The highest BCUT2D eigenvalue weighted by atomic mass is 16.2. The van der Waals surface area contributed by atoms with Crippen LogP contribution in [-0.2, 0) is 4.79 Å². The maximum atomic E-state index is 13.9. The third-order valence-corrected chi connectivity index (χ3v) is 8.27. The molecule has 4 aromatic rings. The molecule has 1 aromatic carbocycles. The number of benzene rings is 1. The summed E-state index contributed by atoms with van der Waals surface area (Å²) in [5, 5.41) is 3.90. The van der Waals surface area contributed by atoms with Crippen molar-refractivity contribution in [2.75, 3.05) is 13.1 Å². The number of para-hydroxylation sites is 1. The first-order chi connectivity index (χ1) is 20.5. The van der Waals surface area contributed by atoms with Gasteiger partial charge in [0, 0.05) is 41.9 Å². The van der Waals surface area contributed by atoms with Crippen molar-refractivity contribution in [3.63, 3.8) is 0 Å². The second-order valence-corrected chi connectivity index (χ2v) is 12.3. The van der Waals surface area contributed by atoms with Crippen molar-refractivity contribution in [3.05, 3.63) is 83.9 Å². The van der Waals surface area contributed by atoms with Crippen molar-refractivity contribution in [2.45, 2.75) is 45.3 Å². The van der Waals surface area contributed by atoms with Gasteiger partial charge in [0.15, 0.2) is 0 Å². The number of amides is 4. The van der Waals surface area contributed by atoms with Crippen molar-refractivity contribution in [1.82, 2.24) is 30.1 Å². The van der Waals surface area contributed by atoms with Crippen LogP contribution in [0.1, 0.15) is 58.5 Å². The highest BCUT2D eigenvalue weighted by Crippen LogP contribution is 2.34. The van der Waals surface area contributed by atoms with Gasteiger partial charge in [0.25, 0.3) is 11.8 Å². The molecule has 5 heterocycles. The molecule has 1 unspecified atom stereocenters. The van der Waals surface area contributed by atoms with Crippen molar-refractivity contribution in [1.29, 1.82) is 0 Å². The summed E-state index contributed by atoms with van der Waals surface area (Å²) in [5.41, 5.74) is 7.93. The van der Waals surface area contributed by atoms with E-state index < -0.39 is 17.4 Å². The molecule has 4 N–H and O–H groups in total. The van der Waals surface area contributed by atoms with Crippen LogP contribution in [0.15, 0.2) is 67.0 Å². The van der Waals surface area contributed by atoms with E-state index in [1.165, 1.54) is 6.20 Å². The number of fused-ring (bicyclic) bond motifs is 3. The van der Waals surface area contributed by atoms with Crippen LogP contribution in [0.5, 0.6) is 0 Å². The van der Waals surface area contributed by atoms with Crippen LogP contribution >= 0.6 is 0 Å². The van der Waals surface area contributed by atoms with Gasteiger partial charge >= 0.3 is 0 Å². The lowest BCUT2D eigenvalue weighted by Gasteiger charge is -2.39. The molecule has 0 saturated carbocycles. The molecule has 2 saturated heterocycles. The number of nitrogens with one attached hydrogen (secondary N) is 2. The Kier molecular flexibility index (Phi) is 6.95. The number of hydrogen-bond acceptors (Lipinski definition) is 6. The van der Waals surface area contributed by atoms with Crippen LogP contribution in [0.3, 0.4) is 0 Å². The number of H-pyrrole nitrogens is 1. The molecule has 6 rings (SSSR count). The molecule has 0 spiro atoms. The number of carbonyl (C=O) groups is 4. The maximum absolute atomic E-state index is 13.9. The third kappa shape index (κ3) is 5.33. The van der Waals surface area contributed by atoms with Gasteiger partial charge in [0.05, 0.1) is 23.3 Å². The SMILES string of the molecule is CC(C)(C)C(NC(=O)c1cc2ccccc2[nH]1)C(=O)N1C[C@@H]2C[C@H]1CN2C(=O)c1ccc(-c2ccc(C(N)=O)cn2)cn1. The summed E-state index contributed by atoms with van der Waals surface area (Å²) in [5.74, 6) is -1.22. The van der Waals surface area contributed by atoms with Crippen LogP contribution in [0, 0.1) is 5.41 Å². The van der Waals surface area contributed by atoms with E-state index in [1.807, 2.05) is 49.9 Å². The average Bonchev–Trinajstić information content (AvgIpc) is 3.73. The summed E-state index contributed by atoms with van der Waals surface area (Å²) in [7, 11) is 0. The zero-order valence-electron chi connectivity index (χ0n) is 24.2. The lowest BCUT2D eigenvalue weighted by Crippen LogP contribution is -2.59. The molecule has 11 nitrogen and oxygen atoms in total. The Morgan fingerprint density at radius 2 is 1.70 bits per heavy atom. The topological polar surface area (TPSA) is 154 Å². The van der Waals surface area contributed by atoms with Crippen molar-refractivity contribution < 1.29 is 19.2 Å². The van der Waals surface area contributed by atoms with Crippen LogP contribution < -0.4 is 11.1 Å². The molecule has 2 aliphatic heterocycles. The maximum Gasteiger partial charge on any atom is 0.272 e. The van der Waals surface area contributed by atoms with E-state index in [2.05, 4.69) is 20.3 Å². The molecule has 3 atom stereocenters. The van der Waals surface area contributed by atoms with E-state index in [4.69, 9.17) is 5.73 Å². The van der Waals surface area contributed by atoms with Gasteiger partial charge in [0.1, 0.15) is 17.4 Å². The number of piperazine rings is 1. The number of aromatic amines is 1. The number of primary amides is 1. The van der Waals surface area contributed by atoms with E-state index in [9.17, 15) is 19.2 Å². The fourth-order valence-corrected chi connectivity index (χ4v) is 5.93. The number of pyridine rings is 2. The van der Waals surface area contributed by atoms with Crippen molar-refractivity contribution in [2.24, 2.45) is 11.1 Å². The van der Waals surface area contributed by atoms with E-state index in [0.29, 0.717) is 47.7 Å². The largest absolute Gasteiger partial charge is 0.366 e. The zero-order chi connectivity index (χ0) is 30.5. The van der Waals surface area contributed by atoms with Crippen LogP contribution in [0.4, 0.5) is 0 Å². The number of nitrogens with zero attached hydrogens (tertiary/aromatic N) is 4. The van der Waals surface area contributed by atoms with Crippen LogP contribution in [0.2, 0.25) is 0 Å². The summed E-state index contributed by atoms with van der Waals surface area (Å²) < 4.78 is 0. The predicted molar refractivity (Wildman–Crippen MR) is 160 cm³/mol. The number of carbonyl (C=O) groups excluding carboxylic acids is 4. The highest BCUT2D eigenvalue weighted by Gasteiger charge is 2.50. The van der Waals surface area contributed by atoms with Gasteiger partial charge < -0.3 is 25.8 Å². The van der Waals surface area contributed by atoms with E-state index in [-0.39, 0.29) is 29.8 Å². The Morgan fingerprint density at radius 1 is 0.953 bits per heavy atom. The van der Waals surface area contributed by atoms with Crippen LogP contribution in [0.25, 0.3) is 22.2 Å². The third-order valence-electron chi connectivity index (χ3n) is 8.27. The number of likely N-dealkylation sites (tertiary alicyclic amines) is 2. The lowest BCUT2D eigenvalue weighted by atomic mass is 9.85. The van der Waals surface area contributed by atoms with Gasteiger partial charge in [0.2, 0.25) is 11.8 Å². The van der Waals surface area contributed by atoms with Gasteiger partial charge in [-0.25, -0.2) is 0 Å². The monoisotopic (exact) mass is 579 g/mol. The van der Waals surface area contributed by atoms with Gasteiger partial charge in [-0.05, 0) is 48.2 Å². The zero-order valence-corrected chi connectivity index (χ0v) is 24.2. The Labute approximate surface area is 248 Å². The summed E-state index contributed by atoms with van der Waals surface area (Å²) in [4.78, 5) is 67.1. The number of aromatic nitrogens is 3. The molecule has 11 heteroatoms. The fourth-order valence-electron chi connectivity index (χ4n) is 5.93. The van der Waals surface area contributed by atoms with Gasteiger partial charge in [-0.2, -0.15) is 0 Å². The number of hydrogen-bond donors (Lipinski definition) is 3. The summed E-state index contributed by atoms with van der Waals surface area (Å²) >= 11 is 0. The quantitative estimate of drug-likeness (QED) is 0.319. The van der Waals surface area contributed by atoms with Crippen molar-refractivity contribution >= 4 is 34.5 Å². The van der Waals surface area contributed by atoms with E-state index >= 15 is 0 Å². The summed E-state index contributed by atoms with van der Waals surface area (Å²) in [6.45, 7) is 6.60. The summed E-state index contributed by atoms with van der Waals surface area (Å²) in [6, 6.07) is 15.1. The average molecular weight is 580 g/mol. The fraction of sp³-hybridized carbons (Fsp3) is 0.312. The minimum Gasteiger partial charge on any atom is -0.366 e.